The Morgan fingerprint density at radius 2 is 1.75 bits per heavy atom. The number of hydrogen-bond donors (Lipinski definition) is 0. The summed E-state index contributed by atoms with van der Waals surface area (Å²) >= 11 is 0. The number of piperidine rings is 1. The molecule has 256 valence electrons. The highest BCUT2D eigenvalue weighted by Crippen LogP contribution is 2.30. The monoisotopic (exact) mass is 630 g/mol. The van der Waals surface area contributed by atoms with Crippen LogP contribution in [0.25, 0.3) is 0 Å². The van der Waals surface area contributed by atoms with Crippen LogP contribution in [0.2, 0.25) is 0 Å². The van der Waals surface area contributed by atoms with Crippen LogP contribution in [0.1, 0.15) is 79.1 Å². The lowest BCUT2D eigenvalue weighted by atomic mass is 9.89. The molecule has 0 aliphatic carbocycles. The molecule has 11 nitrogen and oxygen atoms in total. The highest BCUT2D eigenvalue weighted by Gasteiger charge is 2.42. The van der Waals surface area contributed by atoms with Gasteiger partial charge >= 0.3 is 5.97 Å². The summed E-state index contributed by atoms with van der Waals surface area (Å²) in [5.74, 6) is -1.22. The molecular formula is C32H59FN4O7. The number of ether oxygens (including phenoxy) is 3. The van der Waals surface area contributed by atoms with Crippen LogP contribution < -0.4 is 0 Å². The number of amides is 1. The van der Waals surface area contributed by atoms with E-state index in [9.17, 15) is 18.9 Å². The van der Waals surface area contributed by atoms with Crippen molar-refractivity contribution >= 4 is 17.7 Å². The van der Waals surface area contributed by atoms with Crippen LogP contribution in [0.4, 0.5) is 4.53 Å². The second-order valence-corrected chi connectivity index (χ2v) is 13.5. The third-order valence-corrected chi connectivity index (χ3v) is 9.40. The van der Waals surface area contributed by atoms with Gasteiger partial charge in [0.05, 0.1) is 18.8 Å². The number of halogens is 1. The first kappa shape index (κ1) is 38.5. The zero-order valence-corrected chi connectivity index (χ0v) is 28.7. The first-order valence-electron chi connectivity index (χ1n) is 16.2. The molecule has 0 N–H and O–H groups in total. The van der Waals surface area contributed by atoms with Crippen molar-refractivity contribution in [2.24, 2.45) is 5.92 Å². The molecular weight excluding hydrogens is 571 g/mol. The average Bonchev–Trinajstić information content (AvgIpc) is 2.98. The number of carbonyl (C=O) groups is 3. The van der Waals surface area contributed by atoms with Crippen molar-refractivity contribution < 1.29 is 38.1 Å². The molecule has 3 heterocycles. The zero-order valence-electron chi connectivity index (χ0n) is 28.7. The molecule has 0 aromatic carbocycles. The number of hydrogen-bond acceptors (Lipinski definition) is 10. The van der Waals surface area contributed by atoms with Crippen molar-refractivity contribution in [3.63, 3.8) is 0 Å². The number of carbonyl (C=O) groups excluding carboxylic acids is 3. The predicted octanol–water partition coefficient (Wildman–Crippen LogP) is 3.30. The van der Waals surface area contributed by atoms with E-state index >= 15 is 0 Å². The molecule has 3 aliphatic heterocycles. The van der Waals surface area contributed by atoms with Crippen LogP contribution in [0.5, 0.6) is 0 Å². The molecule has 5 atom stereocenters. The lowest BCUT2D eigenvalue weighted by Crippen LogP contribution is -2.55. The Morgan fingerprint density at radius 3 is 2.32 bits per heavy atom. The van der Waals surface area contributed by atoms with Gasteiger partial charge < -0.3 is 28.9 Å². The number of likely N-dealkylation sites (N-methyl/N-ethyl adjacent to an activating group) is 2. The summed E-state index contributed by atoms with van der Waals surface area (Å²) in [6.45, 7) is 10.7. The van der Waals surface area contributed by atoms with E-state index in [-0.39, 0.29) is 23.9 Å². The molecule has 3 aliphatic rings. The van der Waals surface area contributed by atoms with Gasteiger partial charge in [0.2, 0.25) is 5.91 Å². The molecule has 12 heteroatoms. The zero-order chi connectivity index (χ0) is 33.0. The van der Waals surface area contributed by atoms with Gasteiger partial charge in [-0.2, -0.15) is 4.94 Å². The smallest absolute Gasteiger partial charge is 0.316 e. The third kappa shape index (κ3) is 12.2. The minimum atomic E-state index is -0.783. The molecule has 1 spiro atoms. The lowest BCUT2D eigenvalue weighted by molar-refractivity contribution is -0.304. The molecule has 3 rings (SSSR count). The van der Waals surface area contributed by atoms with Gasteiger partial charge in [-0.05, 0) is 92.6 Å². The van der Waals surface area contributed by atoms with Crippen LogP contribution in [-0.2, 0) is 33.5 Å². The maximum absolute atomic E-state index is 12.9. The number of ketones is 1. The molecule has 0 bridgehead atoms. The Hall–Kier alpha value is -1.70. The number of methoxy groups -OCH3 is 1. The largest absolute Gasteiger partial charge is 0.457 e. The molecule has 0 aromatic rings. The summed E-state index contributed by atoms with van der Waals surface area (Å²) in [5, 5.41) is 0. The second kappa shape index (κ2) is 18.4. The van der Waals surface area contributed by atoms with E-state index in [0.29, 0.717) is 70.4 Å². The fourth-order valence-electron chi connectivity index (χ4n) is 6.00. The Bertz CT molecular complexity index is 900. The Balaban J connectivity index is 0.000000469. The number of Topliss-reactive ketones (excluding diaryl/α,β-unsaturated/α-hetero) is 1. The predicted molar refractivity (Wildman–Crippen MR) is 167 cm³/mol. The molecule has 0 saturated carbocycles. The maximum Gasteiger partial charge on any atom is 0.316 e. The second-order valence-electron chi connectivity index (χ2n) is 13.5. The van der Waals surface area contributed by atoms with Crippen molar-refractivity contribution in [2.45, 2.75) is 115 Å². The highest BCUT2D eigenvalue weighted by molar-refractivity contribution is 5.98. The summed E-state index contributed by atoms with van der Waals surface area (Å²) in [6.07, 6.45) is 4.93. The van der Waals surface area contributed by atoms with Gasteiger partial charge in [-0.15, -0.1) is 0 Å². The molecule has 3 fully saturated rings. The topological polar surface area (TPSA) is 101 Å². The summed E-state index contributed by atoms with van der Waals surface area (Å²) in [7, 11) is 9.64. The number of likely N-dealkylation sites (tertiary alicyclic amines) is 1. The lowest BCUT2D eigenvalue weighted by Gasteiger charge is -2.43. The summed E-state index contributed by atoms with van der Waals surface area (Å²) in [6, 6.07) is 0.659. The van der Waals surface area contributed by atoms with Crippen LogP contribution in [-0.4, -0.2) is 141 Å². The van der Waals surface area contributed by atoms with Crippen molar-refractivity contribution in [1.82, 2.24) is 19.6 Å². The van der Waals surface area contributed by atoms with Gasteiger partial charge in [0.25, 0.3) is 0 Å². The first-order valence-corrected chi connectivity index (χ1v) is 16.2. The minimum Gasteiger partial charge on any atom is -0.457 e. The highest BCUT2D eigenvalue weighted by atomic mass is 19.3. The normalized spacial score (nSPS) is 29.5. The van der Waals surface area contributed by atoms with Crippen molar-refractivity contribution in [1.29, 1.82) is 0 Å². The van der Waals surface area contributed by atoms with Crippen molar-refractivity contribution in [3.8, 4) is 0 Å². The summed E-state index contributed by atoms with van der Waals surface area (Å²) < 4.78 is 28.6. The molecule has 0 aromatic heterocycles. The van der Waals surface area contributed by atoms with E-state index in [2.05, 4.69) is 28.6 Å². The van der Waals surface area contributed by atoms with E-state index in [1.54, 1.807) is 14.0 Å². The van der Waals surface area contributed by atoms with Gasteiger partial charge in [-0.1, -0.05) is 0 Å². The molecule has 3 saturated heterocycles. The van der Waals surface area contributed by atoms with Gasteiger partial charge in [0.15, 0.2) is 6.29 Å². The summed E-state index contributed by atoms with van der Waals surface area (Å²) in [4.78, 5) is 50.1. The minimum absolute atomic E-state index is 0.0310. The van der Waals surface area contributed by atoms with Crippen LogP contribution in [0.15, 0.2) is 0 Å². The third-order valence-electron chi connectivity index (χ3n) is 9.40. The van der Waals surface area contributed by atoms with E-state index in [4.69, 9.17) is 14.2 Å². The Morgan fingerprint density at radius 1 is 1.09 bits per heavy atom. The quantitative estimate of drug-likeness (QED) is 0.321. The Kier molecular flexibility index (Phi) is 16.1. The first-order chi connectivity index (χ1) is 20.7. The summed E-state index contributed by atoms with van der Waals surface area (Å²) in [5.41, 5.74) is -0.671. The van der Waals surface area contributed by atoms with Gasteiger partial charge in [0.1, 0.15) is 17.3 Å². The fraction of sp³-hybridized carbons (Fsp3) is 0.906. The Labute approximate surface area is 264 Å². The van der Waals surface area contributed by atoms with Crippen LogP contribution >= 0.6 is 0 Å². The molecule has 0 radical (unpaired) electrons. The van der Waals surface area contributed by atoms with Crippen molar-refractivity contribution in [3.05, 3.63) is 0 Å². The number of rotatable bonds is 6. The molecule has 4 unspecified atom stereocenters. The number of esters is 1. The van der Waals surface area contributed by atoms with E-state index in [1.165, 1.54) is 0 Å². The van der Waals surface area contributed by atoms with Crippen LogP contribution in [0, 0.1) is 5.92 Å². The fourth-order valence-corrected chi connectivity index (χ4v) is 6.00. The van der Waals surface area contributed by atoms with Crippen LogP contribution in [0.3, 0.4) is 0 Å². The maximum atomic E-state index is 12.9. The van der Waals surface area contributed by atoms with Gasteiger partial charge in [-0.3, -0.25) is 19.3 Å². The standard InChI is InChI=1S/C24H43N3O5.C8H16FNO2/c1-18(2)26(5)16-22(29)27-14-11-24(12-15-27)17-25(4)13-7-8-20(31-6)9-10-21(28)19(3)23(30)32-24;1-6-4-7(10(2)3)5-8(11-6)12-9/h18-20H,7-17H2,1-6H3;6-8H,4-5H2,1-3H3/t;6?,7-,8?/m.0/s1. The molecule has 1 amide bonds. The van der Waals surface area contributed by atoms with Crippen molar-refractivity contribution in [2.75, 3.05) is 68.0 Å². The average molecular weight is 631 g/mol. The molecule has 44 heavy (non-hydrogen) atoms. The van der Waals surface area contributed by atoms with E-state index in [0.717, 1.165) is 25.8 Å². The SMILES string of the molecule is CC1C[C@H](N(C)C)CC(OF)O1.COC1CCCN(C)CC2(CCN(C(=O)CN(C)C(C)C)CC2)OC(=O)C(C)C(=O)CC1. The number of nitrogens with zero attached hydrogens (tertiary/aromatic N) is 4. The van der Waals surface area contributed by atoms with Gasteiger partial charge in [0, 0.05) is 64.5 Å². The van der Waals surface area contributed by atoms with E-state index in [1.807, 2.05) is 44.9 Å². The van der Waals surface area contributed by atoms with Gasteiger partial charge in [-0.25, -0.2) is 0 Å². The van der Waals surface area contributed by atoms with E-state index < -0.39 is 23.8 Å².